The van der Waals surface area contributed by atoms with Gasteiger partial charge in [0.1, 0.15) is 0 Å². The molecular weight excluding hydrogens is 254 g/mol. The van der Waals surface area contributed by atoms with Crippen LogP contribution >= 0.6 is 0 Å². The summed E-state index contributed by atoms with van der Waals surface area (Å²) in [7, 11) is -2.04. The Hall–Kier alpha value is -1.14. The number of furan rings is 1. The van der Waals surface area contributed by atoms with E-state index in [4.69, 9.17) is 4.42 Å². The van der Waals surface area contributed by atoms with Crippen molar-refractivity contribution in [3.63, 3.8) is 0 Å². The highest BCUT2D eigenvalue weighted by molar-refractivity contribution is 7.89. The van der Waals surface area contributed by atoms with Crippen LogP contribution in [0.15, 0.2) is 21.6 Å². The van der Waals surface area contributed by atoms with Crippen LogP contribution in [0.25, 0.3) is 0 Å². The van der Waals surface area contributed by atoms with Gasteiger partial charge in [0.05, 0.1) is 0 Å². The summed E-state index contributed by atoms with van der Waals surface area (Å²) < 4.78 is 30.9. The quantitative estimate of drug-likeness (QED) is 0.786. The number of nitrogens with zero attached hydrogens (tertiary/aromatic N) is 1. The Kier molecular flexibility index (Phi) is 3.87. The summed E-state index contributed by atoms with van der Waals surface area (Å²) >= 11 is 0. The maximum atomic E-state index is 12.3. The molecular formula is C12H17NO4S. The highest BCUT2D eigenvalue weighted by Gasteiger charge is 2.31. The fraction of sp³-hybridized carbons (Fsp3) is 0.583. The molecule has 0 unspecified atom stereocenters. The predicted molar refractivity (Wildman–Crippen MR) is 65.9 cm³/mol. The molecule has 18 heavy (non-hydrogen) atoms. The Bertz CT molecular complexity index is 514. The Morgan fingerprint density at radius 3 is 2.50 bits per heavy atom. The normalized spacial score (nSPS) is 18.1. The fourth-order valence-corrected chi connectivity index (χ4v) is 3.65. The van der Waals surface area contributed by atoms with Crippen molar-refractivity contribution >= 4 is 16.3 Å². The summed E-state index contributed by atoms with van der Waals surface area (Å²) in [4.78, 5) is 10.5. The number of hydrogen-bond donors (Lipinski definition) is 0. The molecule has 1 aromatic heterocycles. The second-order valence-electron chi connectivity index (χ2n) is 4.59. The van der Waals surface area contributed by atoms with Crippen molar-refractivity contribution in [2.45, 2.75) is 43.2 Å². The fourth-order valence-electron chi connectivity index (χ4n) is 2.32. The summed E-state index contributed by atoms with van der Waals surface area (Å²) in [5.41, 5.74) is 0. The molecule has 0 spiro atoms. The molecule has 5 nitrogen and oxygen atoms in total. The lowest BCUT2D eigenvalue weighted by Crippen LogP contribution is -2.38. The molecule has 0 aromatic carbocycles. The molecule has 0 saturated heterocycles. The highest BCUT2D eigenvalue weighted by Crippen LogP contribution is 2.26. The first kappa shape index (κ1) is 13.3. The molecule has 6 heteroatoms. The second-order valence-corrected chi connectivity index (χ2v) is 6.52. The third-order valence-corrected chi connectivity index (χ3v) is 5.22. The van der Waals surface area contributed by atoms with Crippen LogP contribution in [0.1, 0.15) is 42.7 Å². The summed E-state index contributed by atoms with van der Waals surface area (Å²) in [6.07, 6.45) is 5.55. The van der Waals surface area contributed by atoms with Crippen LogP contribution in [0.5, 0.6) is 0 Å². The summed E-state index contributed by atoms with van der Waals surface area (Å²) in [6.45, 7) is 0. The second kappa shape index (κ2) is 5.24. The van der Waals surface area contributed by atoms with Gasteiger partial charge in [0, 0.05) is 13.1 Å². The van der Waals surface area contributed by atoms with E-state index in [1.165, 1.54) is 22.9 Å². The smallest absolute Gasteiger partial charge is 0.276 e. The van der Waals surface area contributed by atoms with E-state index in [1.54, 1.807) is 7.05 Å². The first-order valence-corrected chi connectivity index (χ1v) is 7.53. The molecule has 0 amide bonds. The van der Waals surface area contributed by atoms with Crippen molar-refractivity contribution in [3.05, 3.63) is 17.9 Å². The molecule has 1 fully saturated rings. The maximum Gasteiger partial charge on any atom is 0.276 e. The van der Waals surface area contributed by atoms with Gasteiger partial charge in [-0.3, -0.25) is 4.79 Å². The van der Waals surface area contributed by atoms with E-state index in [1.807, 2.05) is 0 Å². The lowest BCUT2D eigenvalue weighted by atomic mass is 9.96. The number of aldehydes is 1. The summed E-state index contributed by atoms with van der Waals surface area (Å²) in [6, 6.07) is 2.74. The van der Waals surface area contributed by atoms with E-state index >= 15 is 0 Å². The van der Waals surface area contributed by atoms with E-state index in [0.717, 1.165) is 25.7 Å². The summed E-state index contributed by atoms with van der Waals surface area (Å²) in [5, 5.41) is -0.155. The SMILES string of the molecule is CN(C1CCCCC1)S(=O)(=O)c1ccc(C=O)o1. The lowest BCUT2D eigenvalue weighted by molar-refractivity contribution is 0.109. The minimum atomic E-state index is -3.62. The molecule has 100 valence electrons. The monoisotopic (exact) mass is 271 g/mol. The number of hydrogen-bond acceptors (Lipinski definition) is 4. The molecule has 1 aliphatic rings. The first-order valence-electron chi connectivity index (χ1n) is 6.09. The number of rotatable bonds is 4. The van der Waals surface area contributed by atoms with Gasteiger partial charge in [-0.2, -0.15) is 4.31 Å². The van der Waals surface area contributed by atoms with Crippen molar-refractivity contribution in [1.82, 2.24) is 4.31 Å². The van der Waals surface area contributed by atoms with Gasteiger partial charge in [-0.15, -0.1) is 0 Å². The Balaban J connectivity index is 2.21. The molecule has 1 aliphatic carbocycles. The van der Waals surface area contributed by atoms with E-state index in [-0.39, 0.29) is 16.9 Å². The molecule has 0 bridgehead atoms. The molecule has 2 rings (SSSR count). The van der Waals surface area contributed by atoms with Crippen LogP contribution in [0.3, 0.4) is 0 Å². The summed E-state index contributed by atoms with van der Waals surface area (Å²) in [5.74, 6) is 0.0330. The van der Waals surface area contributed by atoms with Gasteiger partial charge in [-0.1, -0.05) is 19.3 Å². The van der Waals surface area contributed by atoms with E-state index < -0.39 is 10.0 Å². The van der Waals surface area contributed by atoms with Crippen LogP contribution < -0.4 is 0 Å². The Morgan fingerprint density at radius 2 is 1.94 bits per heavy atom. The minimum Gasteiger partial charge on any atom is -0.440 e. The van der Waals surface area contributed by atoms with Crippen molar-refractivity contribution in [2.24, 2.45) is 0 Å². The first-order chi connectivity index (χ1) is 8.55. The molecule has 0 aliphatic heterocycles. The zero-order valence-corrected chi connectivity index (χ0v) is 11.1. The van der Waals surface area contributed by atoms with Crippen molar-refractivity contribution < 1.29 is 17.6 Å². The molecule has 1 saturated carbocycles. The third-order valence-electron chi connectivity index (χ3n) is 3.44. The number of carbonyl (C=O) groups is 1. The molecule has 1 heterocycles. The largest absolute Gasteiger partial charge is 0.440 e. The lowest BCUT2D eigenvalue weighted by Gasteiger charge is -2.29. The van der Waals surface area contributed by atoms with E-state index in [0.29, 0.717) is 6.29 Å². The van der Waals surface area contributed by atoms with Gasteiger partial charge >= 0.3 is 0 Å². The average molecular weight is 271 g/mol. The molecule has 0 N–H and O–H groups in total. The minimum absolute atomic E-state index is 0.0330. The van der Waals surface area contributed by atoms with Crippen LogP contribution in [0, 0.1) is 0 Å². The van der Waals surface area contributed by atoms with E-state index in [2.05, 4.69) is 0 Å². The Labute approximate surface area is 107 Å². The topological polar surface area (TPSA) is 67.6 Å². The molecule has 1 aromatic rings. The predicted octanol–water partition coefficient (Wildman–Crippen LogP) is 2.05. The van der Waals surface area contributed by atoms with Crippen LogP contribution in [0.2, 0.25) is 0 Å². The van der Waals surface area contributed by atoms with Gasteiger partial charge in [0.2, 0.25) is 5.09 Å². The average Bonchev–Trinajstić information content (AvgIpc) is 2.88. The van der Waals surface area contributed by atoms with Crippen LogP contribution in [-0.2, 0) is 10.0 Å². The van der Waals surface area contributed by atoms with Gasteiger partial charge in [0.25, 0.3) is 10.0 Å². The number of sulfonamides is 1. The molecule has 0 atom stereocenters. The molecule has 0 radical (unpaired) electrons. The number of carbonyl (C=O) groups excluding carboxylic acids is 1. The van der Waals surface area contributed by atoms with Gasteiger partial charge in [0.15, 0.2) is 12.0 Å². The van der Waals surface area contributed by atoms with Crippen molar-refractivity contribution in [3.8, 4) is 0 Å². The maximum absolute atomic E-state index is 12.3. The Morgan fingerprint density at radius 1 is 1.28 bits per heavy atom. The zero-order chi connectivity index (χ0) is 13.2. The van der Waals surface area contributed by atoms with Gasteiger partial charge in [-0.05, 0) is 25.0 Å². The third kappa shape index (κ3) is 2.49. The zero-order valence-electron chi connectivity index (χ0n) is 10.3. The standard InChI is InChI=1S/C12H17NO4S/c1-13(10-5-3-2-4-6-10)18(15,16)12-8-7-11(9-14)17-12/h7-10H,2-6H2,1H3. The van der Waals surface area contributed by atoms with Crippen molar-refractivity contribution in [2.75, 3.05) is 7.05 Å². The van der Waals surface area contributed by atoms with Crippen molar-refractivity contribution in [1.29, 1.82) is 0 Å². The highest BCUT2D eigenvalue weighted by atomic mass is 32.2. The van der Waals surface area contributed by atoms with Crippen LogP contribution in [-0.4, -0.2) is 32.1 Å². The van der Waals surface area contributed by atoms with Gasteiger partial charge in [-0.25, -0.2) is 8.42 Å². The van der Waals surface area contributed by atoms with Gasteiger partial charge < -0.3 is 4.42 Å². The van der Waals surface area contributed by atoms with Crippen LogP contribution in [0.4, 0.5) is 0 Å². The van der Waals surface area contributed by atoms with E-state index in [9.17, 15) is 13.2 Å².